The van der Waals surface area contributed by atoms with Crippen LogP contribution < -0.4 is 9.47 Å². The third-order valence-corrected chi connectivity index (χ3v) is 4.07. The fourth-order valence-electron chi connectivity index (χ4n) is 2.36. The number of carboxylic acids is 1. The van der Waals surface area contributed by atoms with Crippen molar-refractivity contribution >= 4 is 28.5 Å². The molecule has 0 radical (unpaired) electrons. The zero-order chi connectivity index (χ0) is 20.5. The lowest BCUT2D eigenvalue weighted by atomic mass is 10.2. The molecule has 0 unspecified atom stereocenters. The number of hydrogen-bond acceptors (Lipinski definition) is 4. The second-order valence-electron chi connectivity index (χ2n) is 5.87. The highest BCUT2D eigenvalue weighted by atomic mass is 35.5. The number of benzene rings is 2. The summed E-state index contributed by atoms with van der Waals surface area (Å²) in [6.07, 6.45) is -4.15. The number of fused-ring (bicyclic) bond motifs is 1. The summed E-state index contributed by atoms with van der Waals surface area (Å²) in [6, 6.07) is 9.22. The predicted molar refractivity (Wildman–Crippen MR) is 96.0 cm³/mol. The number of nitrogens with zero attached hydrogens (tertiary/aromatic N) is 1. The van der Waals surface area contributed by atoms with Crippen LogP contribution in [-0.2, 0) is 11.0 Å². The Bertz CT molecular complexity index is 1040. The van der Waals surface area contributed by atoms with E-state index in [-0.39, 0.29) is 16.5 Å². The van der Waals surface area contributed by atoms with Crippen LogP contribution >= 0.6 is 11.6 Å². The zero-order valence-electron chi connectivity index (χ0n) is 14.3. The maximum Gasteiger partial charge on any atom is 0.416 e. The van der Waals surface area contributed by atoms with Crippen molar-refractivity contribution in [2.75, 3.05) is 0 Å². The molecule has 3 aromatic rings. The van der Waals surface area contributed by atoms with Crippen LogP contribution in [0.25, 0.3) is 10.9 Å². The van der Waals surface area contributed by atoms with E-state index < -0.39 is 23.8 Å². The number of halogens is 4. The van der Waals surface area contributed by atoms with Crippen molar-refractivity contribution in [2.45, 2.75) is 19.2 Å². The van der Waals surface area contributed by atoms with Gasteiger partial charge in [-0.15, -0.1) is 0 Å². The molecule has 1 aromatic heterocycles. The van der Waals surface area contributed by atoms with E-state index in [1.54, 1.807) is 24.3 Å². The van der Waals surface area contributed by atoms with Gasteiger partial charge < -0.3 is 14.6 Å². The van der Waals surface area contributed by atoms with Crippen molar-refractivity contribution in [3.8, 4) is 17.2 Å². The molecule has 0 spiro atoms. The van der Waals surface area contributed by atoms with Crippen molar-refractivity contribution in [2.24, 2.45) is 0 Å². The molecule has 1 atom stereocenters. The van der Waals surface area contributed by atoms with Gasteiger partial charge in [0.15, 0.2) is 6.10 Å². The lowest BCUT2D eigenvalue weighted by molar-refractivity contribution is -0.144. The average Bonchev–Trinajstić information content (AvgIpc) is 2.62. The van der Waals surface area contributed by atoms with E-state index in [1.165, 1.54) is 13.1 Å². The Morgan fingerprint density at radius 1 is 1.14 bits per heavy atom. The molecule has 1 N–H and O–H groups in total. The molecule has 0 aliphatic carbocycles. The Kier molecular flexibility index (Phi) is 5.33. The van der Waals surface area contributed by atoms with Crippen LogP contribution in [0.3, 0.4) is 0 Å². The zero-order valence-corrected chi connectivity index (χ0v) is 15.1. The summed E-state index contributed by atoms with van der Waals surface area (Å²) in [5.41, 5.74) is -0.275. The summed E-state index contributed by atoms with van der Waals surface area (Å²) < 4.78 is 49.0. The van der Waals surface area contributed by atoms with Crippen LogP contribution in [0, 0.1) is 0 Å². The van der Waals surface area contributed by atoms with Crippen molar-refractivity contribution in [3.63, 3.8) is 0 Å². The summed E-state index contributed by atoms with van der Waals surface area (Å²) in [4.78, 5) is 15.1. The van der Waals surface area contributed by atoms with Gasteiger partial charge in [0.2, 0.25) is 0 Å². The first-order chi connectivity index (χ1) is 13.1. The number of hydrogen-bond donors (Lipinski definition) is 1. The molecule has 9 heteroatoms. The highest BCUT2D eigenvalue weighted by Gasteiger charge is 2.31. The summed E-state index contributed by atoms with van der Waals surface area (Å²) >= 11 is 5.90. The van der Waals surface area contributed by atoms with Crippen LogP contribution in [0.4, 0.5) is 13.2 Å². The van der Waals surface area contributed by atoms with E-state index in [4.69, 9.17) is 26.2 Å². The Morgan fingerprint density at radius 3 is 2.50 bits per heavy atom. The van der Waals surface area contributed by atoms with E-state index in [0.717, 1.165) is 18.2 Å². The molecule has 28 heavy (non-hydrogen) atoms. The van der Waals surface area contributed by atoms with Crippen molar-refractivity contribution in [1.29, 1.82) is 0 Å². The van der Waals surface area contributed by atoms with Crippen LogP contribution in [0.1, 0.15) is 12.5 Å². The van der Waals surface area contributed by atoms with Gasteiger partial charge in [-0.2, -0.15) is 13.2 Å². The minimum atomic E-state index is -4.50. The van der Waals surface area contributed by atoms with E-state index >= 15 is 0 Å². The largest absolute Gasteiger partial charge is 0.479 e. The minimum absolute atomic E-state index is 0.0638. The van der Waals surface area contributed by atoms with Crippen LogP contribution in [0.5, 0.6) is 17.2 Å². The predicted octanol–water partition coefficient (Wildman–Crippen LogP) is 5.55. The van der Waals surface area contributed by atoms with E-state index in [1.807, 2.05) is 0 Å². The molecular weight excluding hydrogens is 399 g/mol. The second kappa shape index (κ2) is 7.55. The number of pyridine rings is 1. The highest BCUT2D eigenvalue weighted by molar-refractivity contribution is 6.32. The second-order valence-corrected chi connectivity index (χ2v) is 6.28. The monoisotopic (exact) mass is 411 g/mol. The van der Waals surface area contributed by atoms with Crippen molar-refractivity contribution < 1.29 is 32.5 Å². The first kappa shape index (κ1) is 19.8. The molecule has 5 nitrogen and oxygen atoms in total. The Labute approximate surface area is 162 Å². The van der Waals surface area contributed by atoms with Gasteiger partial charge >= 0.3 is 12.1 Å². The molecule has 3 rings (SSSR count). The maximum atomic E-state index is 12.7. The van der Waals surface area contributed by atoms with Gasteiger partial charge in [-0.3, -0.25) is 4.98 Å². The number of alkyl halides is 3. The smallest absolute Gasteiger partial charge is 0.416 e. The summed E-state index contributed by atoms with van der Waals surface area (Å²) in [5.74, 6) is -0.477. The normalized spacial score (nSPS) is 12.6. The third kappa shape index (κ3) is 4.45. The highest BCUT2D eigenvalue weighted by Crippen LogP contribution is 2.37. The first-order valence-electron chi connectivity index (χ1n) is 7.97. The standard InChI is InChI=1S/C19H13ClF3NO4/c1-10(18(25)26)27-14-7-11-6-13(3-4-16(11)24-9-14)28-17-5-2-12(8-15(17)20)19(21,22)23/h2-10H,1H3,(H,25,26)/t10-/m1/s1. The molecule has 146 valence electrons. The van der Waals surface area contributed by atoms with Gasteiger partial charge in [0.25, 0.3) is 0 Å². The van der Waals surface area contributed by atoms with Gasteiger partial charge in [-0.25, -0.2) is 4.79 Å². The Morgan fingerprint density at radius 2 is 1.86 bits per heavy atom. The summed E-state index contributed by atoms with van der Waals surface area (Å²) in [6.45, 7) is 1.39. The van der Waals surface area contributed by atoms with Gasteiger partial charge in [-0.05, 0) is 49.4 Å². The average molecular weight is 412 g/mol. The molecule has 0 aliphatic heterocycles. The van der Waals surface area contributed by atoms with E-state index in [0.29, 0.717) is 16.7 Å². The van der Waals surface area contributed by atoms with Crippen LogP contribution in [0.2, 0.25) is 5.02 Å². The lowest BCUT2D eigenvalue weighted by Gasteiger charge is -2.12. The fourth-order valence-corrected chi connectivity index (χ4v) is 2.58. The first-order valence-corrected chi connectivity index (χ1v) is 8.35. The van der Waals surface area contributed by atoms with Gasteiger partial charge in [-0.1, -0.05) is 11.6 Å². The quantitative estimate of drug-likeness (QED) is 0.596. The number of aromatic nitrogens is 1. The molecule has 0 fully saturated rings. The maximum absolute atomic E-state index is 12.7. The number of rotatable bonds is 5. The minimum Gasteiger partial charge on any atom is -0.479 e. The summed E-state index contributed by atoms with van der Waals surface area (Å²) in [7, 11) is 0. The molecular formula is C19H13ClF3NO4. The van der Waals surface area contributed by atoms with Gasteiger partial charge in [0, 0.05) is 5.39 Å². The molecule has 1 heterocycles. The fraction of sp³-hybridized carbons (Fsp3) is 0.158. The number of ether oxygens (including phenoxy) is 2. The Balaban J connectivity index is 1.86. The van der Waals surface area contributed by atoms with Crippen LogP contribution in [0.15, 0.2) is 48.7 Å². The topological polar surface area (TPSA) is 68.7 Å². The summed E-state index contributed by atoms with van der Waals surface area (Å²) in [5, 5.41) is 9.33. The molecule has 0 bridgehead atoms. The number of carbonyl (C=O) groups is 1. The van der Waals surface area contributed by atoms with Gasteiger partial charge in [0.1, 0.15) is 17.2 Å². The molecule has 0 saturated carbocycles. The molecule has 0 amide bonds. The third-order valence-electron chi connectivity index (χ3n) is 3.78. The molecule has 0 aliphatic rings. The Hall–Kier alpha value is -3.00. The lowest BCUT2D eigenvalue weighted by Crippen LogP contribution is -2.22. The number of aliphatic carboxylic acids is 1. The molecule has 0 saturated heterocycles. The van der Waals surface area contributed by atoms with Gasteiger partial charge in [0.05, 0.1) is 22.3 Å². The SMILES string of the molecule is C[C@@H](Oc1cnc2ccc(Oc3ccc(C(F)(F)F)cc3Cl)cc2c1)C(=O)O. The number of carboxylic acid groups (broad SMARTS) is 1. The van der Waals surface area contributed by atoms with Crippen LogP contribution in [-0.4, -0.2) is 22.2 Å². The molecule has 2 aromatic carbocycles. The van der Waals surface area contributed by atoms with Crippen molar-refractivity contribution in [3.05, 3.63) is 59.2 Å². The van der Waals surface area contributed by atoms with E-state index in [9.17, 15) is 18.0 Å². The van der Waals surface area contributed by atoms with E-state index in [2.05, 4.69) is 4.98 Å². The van der Waals surface area contributed by atoms with Crippen molar-refractivity contribution in [1.82, 2.24) is 4.98 Å².